The van der Waals surface area contributed by atoms with E-state index < -0.39 is 0 Å². The fraction of sp³-hybridized carbons (Fsp3) is 0.214. The lowest BCUT2D eigenvalue weighted by Gasteiger charge is -2.22. The van der Waals surface area contributed by atoms with Crippen LogP contribution in [0.15, 0.2) is 76.6 Å². The molecule has 3 aromatic carbocycles. The van der Waals surface area contributed by atoms with Crippen molar-refractivity contribution in [3.8, 4) is 5.75 Å². The third-order valence-electron chi connectivity index (χ3n) is 5.73. The Morgan fingerprint density at radius 1 is 1.09 bits per heavy atom. The summed E-state index contributed by atoms with van der Waals surface area (Å²) < 4.78 is 6.08. The lowest BCUT2D eigenvalue weighted by atomic mass is 10.1. The summed E-state index contributed by atoms with van der Waals surface area (Å²) in [6.07, 6.45) is 2.70. The van der Waals surface area contributed by atoms with Crippen LogP contribution in [-0.2, 0) is 11.4 Å². The second-order valence-electron chi connectivity index (χ2n) is 8.34. The van der Waals surface area contributed by atoms with Crippen molar-refractivity contribution in [1.82, 2.24) is 4.90 Å². The number of halogens is 2. The zero-order valence-corrected chi connectivity index (χ0v) is 22.1. The number of ether oxygens (including phenoxy) is 1. The second kappa shape index (κ2) is 11.3. The average molecular weight is 526 g/mol. The molecule has 0 saturated carbocycles. The van der Waals surface area contributed by atoms with Crippen molar-refractivity contribution < 1.29 is 9.53 Å². The van der Waals surface area contributed by atoms with Crippen molar-refractivity contribution in [3.63, 3.8) is 0 Å². The molecule has 3 aromatic rings. The van der Waals surface area contributed by atoms with Crippen molar-refractivity contribution in [3.05, 3.63) is 98.4 Å². The molecule has 0 aliphatic carbocycles. The van der Waals surface area contributed by atoms with Gasteiger partial charge in [-0.15, -0.1) is 0 Å². The standard InChI is InChI=1S/C28H26Cl2N2O2S/c1-4-19(3)32-27(33)26(35-28(32)31-23-13-9-18(2)10-14-23)15-20-7-5-6-8-25(20)34-17-21-11-12-22(29)16-24(21)30/h5-16,19H,4,17H2,1-3H3/b26-15+,31-28?/t19-/m1/s1. The Kier molecular flexibility index (Phi) is 8.22. The Labute approximate surface area is 220 Å². The molecule has 1 atom stereocenters. The fourth-order valence-electron chi connectivity index (χ4n) is 3.53. The first-order valence-corrected chi connectivity index (χ1v) is 13.0. The summed E-state index contributed by atoms with van der Waals surface area (Å²) in [5.74, 6) is 0.615. The predicted octanol–water partition coefficient (Wildman–Crippen LogP) is 8.28. The molecule has 1 amide bonds. The Bertz CT molecular complexity index is 1290. The highest BCUT2D eigenvalue weighted by atomic mass is 35.5. The Morgan fingerprint density at radius 3 is 2.54 bits per heavy atom. The number of para-hydroxylation sites is 1. The van der Waals surface area contributed by atoms with Crippen LogP contribution in [0.2, 0.25) is 10.0 Å². The van der Waals surface area contributed by atoms with Crippen molar-refractivity contribution in [2.45, 2.75) is 39.8 Å². The van der Waals surface area contributed by atoms with Crippen LogP contribution in [0.3, 0.4) is 0 Å². The Hall–Kier alpha value is -2.73. The average Bonchev–Trinajstić information content (AvgIpc) is 3.14. The van der Waals surface area contributed by atoms with Gasteiger partial charge in [0.15, 0.2) is 5.17 Å². The van der Waals surface area contributed by atoms with E-state index in [1.165, 1.54) is 17.3 Å². The van der Waals surface area contributed by atoms with Crippen LogP contribution in [0, 0.1) is 6.92 Å². The number of hydrogen-bond donors (Lipinski definition) is 0. The zero-order chi connectivity index (χ0) is 24.9. The van der Waals surface area contributed by atoms with E-state index in [1.807, 2.05) is 74.5 Å². The van der Waals surface area contributed by atoms with Gasteiger partial charge in [-0.1, -0.05) is 72.1 Å². The van der Waals surface area contributed by atoms with Crippen molar-refractivity contribution in [2.24, 2.45) is 4.99 Å². The van der Waals surface area contributed by atoms with E-state index in [0.29, 0.717) is 25.9 Å². The normalized spacial score (nSPS) is 16.8. The molecule has 0 bridgehead atoms. The quantitative estimate of drug-likeness (QED) is 0.292. The van der Waals surface area contributed by atoms with Gasteiger partial charge in [0.25, 0.3) is 5.91 Å². The first-order chi connectivity index (χ1) is 16.9. The number of carbonyl (C=O) groups is 1. The van der Waals surface area contributed by atoms with Crippen LogP contribution in [0.4, 0.5) is 5.69 Å². The predicted molar refractivity (Wildman–Crippen MR) is 148 cm³/mol. The van der Waals surface area contributed by atoms with Crippen molar-refractivity contribution in [1.29, 1.82) is 0 Å². The number of amides is 1. The Morgan fingerprint density at radius 2 is 1.83 bits per heavy atom. The molecule has 0 aromatic heterocycles. The number of hydrogen-bond acceptors (Lipinski definition) is 4. The van der Waals surface area contributed by atoms with Crippen molar-refractivity contribution in [2.75, 3.05) is 0 Å². The summed E-state index contributed by atoms with van der Waals surface area (Å²) >= 11 is 13.7. The van der Waals surface area contributed by atoms with Crippen LogP contribution in [0.25, 0.3) is 6.08 Å². The molecule has 7 heteroatoms. The molecule has 35 heavy (non-hydrogen) atoms. The molecule has 4 nitrogen and oxygen atoms in total. The zero-order valence-electron chi connectivity index (χ0n) is 19.8. The molecule has 1 aliphatic heterocycles. The molecule has 0 radical (unpaired) electrons. The van der Waals surface area contributed by atoms with Gasteiger partial charge in [-0.2, -0.15) is 0 Å². The van der Waals surface area contributed by atoms with Gasteiger partial charge in [0.05, 0.1) is 10.6 Å². The van der Waals surface area contributed by atoms with Crippen LogP contribution < -0.4 is 4.74 Å². The number of benzene rings is 3. The topological polar surface area (TPSA) is 41.9 Å². The van der Waals surface area contributed by atoms with E-state index >= 15 is 0 Å². The number of aryl methyl sites for hydroxylation is 1. The van der Waals surface area contributed by atoms with Gasteiger partial charge < -0.3 is 4.74 Å². The first kappa shape index (κ1) is 25.4. The summed E-state index contributed by atoms with van der Waals surface area (Å²) in [6, 6.07) is 21.0. The minimum Gasteiger partial charge on any atom is -0.488 e. The fourth-order valence-corrected chi connectivity index (χ4v) is 5.08. The highest BCUT2D eigenvalue weighted by Crippen LogP contribution is 2.37. The van der Waals surface area contributed by atoms with E-state index in [1.54, 1.807) is 17.0 Å². The monoisotopic (exact) mass is 524 g/mol. The second-order valence-corrected chi connectivity index (χ2v) is 10.2. The molecule has 4 rings (SSSR count). The minimum atomic E-state index is -0.0502. The van der Waals surface area contributed by atoms with Gasteiger partial charge in [-0.05, 0) is 68.4 Å². The molecule has 0 unspecified atom stereocenters. The maximum absolute atomic E-state index is 13.4. The van der Waals surface area contributed by atoms with Gasteiger partial charge in [0, 0.05) is 27.2 Å². The molecule has 1 fully saturated rings. The summed E-state index contributed by atoms with van der Waals surface area (Å²) in [5.41, 5.74) is 3.64. The smallest absolute Gasteiger partial charge is 0.267 e. The molecule has 0 N–H and O–H groups in total. The molecule has 1 aliphatic rings. The Balaban J connectivity index is 1.62. The van der Waals surface area contributed by atoms with Crippen LogP contribution in [-0.4, -0.2) is 22.0 Å². The lowest BCUT2D eigenvalue weighted by molar-refractivity contribution is -0.123. The summed E-state index contributed by atoms with van der Waals surface area (Å²) in [5, 5.41) is 1.82. The van der Waals surface area contributed by atoms with Crippen LogP contribution >= 0.6 is 35.0 Å². The van der Waals surface area contributed by atoms with Gasteiger partial charge in [0.2, 0.25) is 0 Å². The van der Waals surface area contributed by atoms with E-state index in [0.717, 1.165) is 23.2 Å². The molecule has 1 heterocycles. The van der Waals surface area contributed by atoms with Gasteiger partial charge >= 0.3 is 0 Å². The minimum absolute atomic E-state index is 0.0311. The number of rotatable bonds is 7. The highest BCUT2D eigenvalue weighted by Gasteiger charge is 2.36. The first-order valence-electron chi connectivity index (χ1n) is 11.4. The third-order valence-corrected chi connectivity index (χ3v) is 7.30. The lowest BCUT2D eigenvalue weighted by Crippen LogP contribution is -2.36. The number of thioether (sulfide) groups is 1. The largest absolute Gasteiger partial charge is 0.488 e. The summed E-state index contributed by atoms with van der Waals surface area (Å²) in [6.45, 7) is 6.44. The number of aliphatic imine (C=N–C) groups is 1. The maximum Gasteiger partial charge on any atom is 0.267 e. The third kappa shape index (κ3) is 6.10. The van der Waals surface area contributed by atoms with Gasteiger partial charge in [0.1, 0.15) is 12.4 Å². The molecule has 1 saturated heterocycles. The molecule has 180 valence electrons. The number of nitrogens with zero attached hydrogens (tertiary/aromatic N) is 2. The number of carbonyl (C=O) groups excluding carboxylic acids is 1. The van der Waals surface area contributed by atoms with E-state index in [-0.39, 0.29) is 18.6 Å². The van der Waals surface area contributed by atoms with E-state index in [9.17, 15) is 4.79 Å². The maximum atomic E-state index is 13.4. The highest BCUT2D eigenvalue weighted by molar-refractivity contribution is 8.18. The van der Waals surface area contributed by atoms with Crippen molar-refractivity contribution >= 4 is 57.8 Å². The van der Waals surface area contributed by atoms with Crippen LogP contribution in [0.5, 0.6) is 5.75 Å². The van der Waals surface area contributed by atoms with E-state index in [4.69, 9.17) is 32.9 Å². The van der Waals surface area contributed by atoms with Crippen LogP contribution in [0.1, 0.15) is 37.0 Å². The van der Waals surface area contributed by atoms with Gasteiger partial charge in [-0.3, -0.25) is 9.69 Å². The molecule has 0 spiro atoms. The van der Waals surface area contributed by atoms with E-state index in [2.05, 4.69) is 6.92 Å². The van der Waals surface area contributed by atoms with Gasteiger partial charge in [-0.25, -0.2) is 4.99 Å². The number of amidine groups is 1. The summed E-state index contributed by atoms with van der Waals surface area (Å²) in [7, 11) is 0. The summed E-state index contributed by atoms with van der Waals surface area (Å²) in [4.78, 5) is 20.6. The molecular formula is C28H26Cl2N2O2S. The SMILES string of the molecule is CC[C@@H](C)N1C(=O)/C(=C\c2ccccc2OCc2ccc(Cl)cc2Cl)SC1=Nc1ccc(C)cc1. The molecular weight excluding hydrogens is 499 g/mol.